The maximum atomic E-state index is 13.9. The molecule has 3 aromatic rings. The molecule has 0 saturated heterocycles. The molecular formula is C24H21FN2O4. The second kappa shape index (κ2) is 8.84. The summed E-state index contributed by atoms with van der Waals surface area (Å²) in [5.74, 6) is -1.99. The minimum atomic E-state index is -1.17. The average Bonchev–Trinajstić information content (AvgIpc) is 2.76. The van der Waals surface area contributed by atoms with Crippen molar-refractivity contribution in [1.82, 2.24) is 4.57 Å². The van der Waals surface area contributed by atoms with E-state index in [1.807, 2.05) is 12.1 Å². The van der Waals surface area contributed by atoms with Crippen LogP contribution in [0, 0.1) is 24.1 Å². The summed E-state index contributed by atoms with van der Waals surface area (Å²) in [4.78, 5) is 26.1. The van der Waals surface area contributed by atoms with E-state index >= 15 is 0 Å². The molecular weight excluding hydrogens is 399 g/mol. The Kier molecular flexibility index (Phi) is 6.21. The van der Waals surface area contributed by atoms with E-state index in [4.69, 9.17) is 4.74 Å². The zero-order valence-corrected chi connectivity index (χ0v) is 17.3. The maximum Gasteiger partial charge on any atom is 0.272 e. The molecule has 0 bridgehead atoms. The molecule has 0 aliphatic rings. The molecule has 0 radical (unpaired) electrons. The van der Waals surface area contributed by atoms with Crippen molar-refractivity contribution in [3.05, 3.63) is 93.0 Å². The van der Waals surface area contributed by atoms with Gasteiger partial charge in [-0.25, -0.2) is 4.39 Å². The molecule has 0 spiro atoms. The third-order valence-electron chi connectivity index (χ3n) is 5.17. The van der Waals surface area contributed by atoms with Crippen molar-refractivity contribution in [2.45, 2.75) is 32.9 Å². The highest BCUT2D eigenvalue weighted by Crippen LogP contribution is 2.29. The first-order valence-electron chi connectivity index (χ1n) is 9.66. The molecule has 2 atom stereocenters. The summed E-state index contributed by atoms with van der Waals surface area (Å²) in [5, 5.41) is 20.5. The highest BCUT2D eigenvalue weighted by Gasteiger charge is 2.30. The number of ether oxygens (including phenoxy) is 1. The lowest BCUT2D eigenvalue weighted by molar-refractivity contribution is 0.0806. The van der Waals surface area contributed by atoms with Crippen LogP contribution in [0.25, 0.3) is 0 Å². The summed E-state index contributed by atoms with van der Waals surface area (Å²) >= 11 is 0. The number of para-hydroxylation sites is 1. The Morgan fingerprint density at radius 3 is 2.35 bits per heavy atom. The van der Waals surface area contributed by atoms with Gasteiger partial charge in [-0.3, -0.25) is 14.2 Å². The Morgan fingerprint density at radius 1 is 1.13 bits per heavy atom. The number of nitrogens with zero attached hydrogens (tertiary/aromatic N) is 2. The van der Waals surface area contributed by atoms with Gasteiger partial charge in [-0.05, 0) is 44.0 Å². The molecule has 31 heavy (non-hydrogen) atoms. The highest BCUT2D eigenvalue weighted by atomic mass is 19.1. The molecule has 0 aliphatic carbocycles. The van der Waals surface area contributed by atoms with Crippen LogP contribution in [-0.4, -0.2) is 21.6 Å². The Morgan fingerprint density at radius 2 is 1.74 bits per heavy atom. The molecule has 2 aromatic carbocycles. The van der Waals surface area contributed by atoms with Crippen molar-refractivity contribution in [2.75, 3.05) is 0 Å². The molecule has 0 saturated carbocycles. The number of nitriles is 1. The van der Waals surface area contributed by atoms with Crippen molar-refractivity contribution in [2.24, 2.45) is 0 Å². The topological polar surface area (TPSA) is 92.3 Å². The number of carbonyl (C=O) groups excluding carboxylic acids is 1. The highest BCUT2D eigenvalue weighted by molar-refractivity contribution is 6.03. The number of hydrogen-bond acceptors (Lipinski definition) is 5. The van der Waals surface area contributed by atoms with Crippen LogP contribution in [0.5, 0.6) is 11.6 Å². The Labute approximate surface area is 178 Å². The van der Waals surface area contributed by atoms with E-state index in [2.05, 4.69) is 0 Å². The molecule has 0 aliphatic heterocycles. The van der Waals surface area contributed by atoms with Gasteiger partial charge >= 0.3 is 0 Å². The standard InChI is InChI=1S/C24H21FN2O4/c1-14-18(13-26)23(29)27(15(2)17-9-5-4-6-10-17)24(30)21(14)22(28)16(3)31-20-12-8-7-11-19(20)25/h4-12,15-16,30H,1-3H3. The predicted octanol–water partition coefficient (Wildman–Crippen LogP) is 4.13. The summed E-state index contributed by atoms with van der Waals surface area (Å²) in [6.45, 7) is 4.51. The third-order valence-corrected chi connectivity index (χ3v) is 5.17. The van der Waals surface area contributed by atoms with E-state index in [1.165, 1.54) is 32.0 Å². The van der Waals surface area contributed by atoms with Crippen LogP contribution in [0.2, 0.25) is 0 Å². The van der Waals surface area contributed by atoms with Gasteiger partial charge in [-0.1, -0.05) is 42.5 Å². The van der Waals surface area contributed by atoms with Crippen molar-refractivity contribution >= 4 is 5.78 Å². The first-order chi connectivity index (χ1) is 14.8. The molecule has 2 unspecified atom stereocenters. The van der Waals surface area contributed by atoms with Gasteiger partial charge in [0.25, 0.3) is 5.56 Å². The number of benzene rings is 2. The van der Waals surface area contributed by atoms with Crippen molar-refractivity contribution < 1.29 is 19.0 Å². The lowest BCUT2D eigenvalue weighted by Gasteiger charge is -2.22. The SMILES string of the molecule is Cc1c(C(=O)C(C)Oc2ccccc2F)c(O)n(C(C)c2ccccc2)c(=O)c1C#N. The second-order valence-electron chi connectivity index (χ2n) is 7.13. The number of rotatable bonds is 6. The van der Waals surface area contributed by atoms with Crippen LogP contribution in [-0.2, 0) is 0 Å². The first kappa shape index (κ1) is 21.8. The molecule has 158 valence electrons. The molecule has 0 fully saturated rings. The van der Waals surface area contributed by atoms with Gasteiger partial charge in [0.2, 0.25) is 11.7 Å². The van der Waals surface area contributed by atoms with Crippen molar-refractivity contribution in [1.29, 1.82) is 5.26 Å². The number of aromatic nitrogens is 1. The normalized spacial score (nSPS) is 12.6. The zero-order chi connectivity index (χ0) is 22.7. The number of ketones is 1. The summed E-state index contributed by atoms with van der Waals surface area (Å²) in [7, 11) is 0. The number of Topliss-reactive ketones (excluding diaryl/α,β-unsaturated/α-hetero) is 1. The number of hydrogen-bond donors (Lipinski definition) is 1. The van der Waals surface area contributed by atoms with E-state index in [0.29, 0.717) is 5.56 Å². The maximum absolute atomic E-state index is 13.9. The van der Waals surface area contributed by atoms with Gasteiger partial charge in [-0.15, -0.1) is 0 Å². The Bertz CT molecular complexity index is 1230. The Hall–Kier alpha value is -3.92. The fraction of sp³-hybridized carbons (Fsp3) is 0.208. The fourth-order valence-electron chi connectivity index (χ4n) is 3.44. The second-order valence-corrected chi connectivity index (χ2v) is 7.13. The van der Waals surface area contributed by atoms with E-state index in [0.717, 1.165) is 4.57 Å². The van der Waals surface area contributed by atoms with E-state index in [-0.39, 0.29) is 22.4 Å². The quantitative estimate of drug-likeness (QED) is 0.605. The van der Waals surface area contributed by atoms with Gasteiger partial charge in [0.15, 0.2) is 17.7 Å². The number of pyridine rings is 1. The number of carbonyl (C=O) groups is 1. The van der Waals surface area contributed by atoms with Gasteiger partial charge in [0, 0.05) is 0 Å². The van der Waals surface area contributed by atoms with Gasteiger partial charge in [-0.2, -0.15) is 5.26 Å². The monoisotopic (exact) mass is 420 g/mol. The lowest BCUT2D eigenvalue weighted by atomic mass is 9.98. The van der Waals surface area contributed by atoms with Crippen LogP contribution < -0.4 is 10.3 Å². The van der Waals surface area contributed by atoms with Crippen LogP contribution in [0.3, 0.4) is 0 Å². The van der Waals surface area contributed by atoms with E-state index in [1.54, 1.807) is 37.3 Å². The smallest absolute Gasteiger partial charge is 0.272 e. The minimum Gasteiger partial charge on any atom is -0.494 e. The first-order valence-corrected chi connectivity index (χ1v) is 9.66. The third kappa shape index (κ3) is 4.05. The van der Waals surface area contributed by atoms with Crippen LogP contribution in [0.15, 0.2) is 59.4 Å². The fourth-order valence-corrected chi connectivity index (χ4v) is 3.44. The minimum absolute atomic E-state index is 0.0514. The van der Waals surface area contributed by atoms with Gasteiger partial charge in [0.1, 0.15) is 11.6 Å². The summed E-state index contributed by atoms with van der Waals surface area (Å²) in [5.41, 5.74) is -0.393. The largest absolute Gasteiger partial charge is 0.494 e. The molecule has 3 rings (SSSR count). The molecule has 1 heterocycles. The van der Waals surface area contributed by atoms with Crippen LogP contribution in [0.1, 0.15) is 46.9 Å². The Balaban J connectivity index is 2.12. The average molecular weight is 420 g/mol. The molecule has 1 N–H and O–H groups in total. The molecule has 0 amide bonds. The van der Waals surface area contributed by atoms with Crippen LogP contribution >= 0.6 is 0 Å². The van der Waals surface area contributed by atoms with Crippen molar-refractivity contribution in [3.63, 3.8) is 0 Å². The zero-order valence-electron chi connectivity index (χ0n) is 17.3. The summed E-state index contributed by atoms with van der Waals surface area (Å²) in [6.07, 6.45) is -1.17. The van der Waals surface area contributed by atoms with E-state index < -0.39 is 35.2 Å². The summed E-state index contributed by atoms with van der Waals surface area (Å²) < 4.78 is 20.4. The van der Waals surface area contributed by atoms with Crippen molar-refractivity contribution in [3.8, 4) is 17.7 Å². The van der Waals surface area contributed by atoms with Gasteiger partial charge < -0.3 is 9.84 Å². The number of aromatic hydroxyl groups is 1. The van der Waals surface area contributed by atoms with E-state index in [9.17, 15) is 24.3 Å². The number of halogens is 1. The summed E-state index contributed by atoms with van der Waals surface area (Å²) in [6, 6.07) is 15.7. The lowest BCUT2D eigenvalue weighted by Crippen LogP contribution is -2.32. The van der Waals surface area contributed by atoms with Gasteiger partial charge in [0.05, 0.1) is 11.6 Å². The molecule has 6 nitrogen and oxygen atoms in total. The molecule has 1 aromatic heterocycles. The molecule has 7 heteroatoms. The predicted molar refractivity (Wildman–Crippen MR) is 113 cm³/mol. The van der Waals surface area contributed by atoms with Crippen LogP contribution in [0.4, 0.5) is 4.39 Å².